The molecule has 0 aromatic carbocycles. The molecule has 0 amide bonds. The predicted molar refractivity (Wildman–Crippen MR) is 60.1 cm³/mol. The standard InChI is InChI=1S/C11H11NO2S/c1-7-8(2)15-10(11(13)14)9(7)12-5-3-4-6-12/h3-6H,1-2H3,(H,13,14). The number of thiophene rings is 1. The van der Waals surface area contributed by atoms with Crippen molar-refractivity contribution in [1.82, 2.24) is 4.57 Å². The van der Waals surface area contributed by atoms with Crippen LogP contribution in [0, 0.1) is 13.8 Å². The van der Waals surface area contributed by atoms with E-state index < -0.39 is 5.97 Å². The zero-order valence-electron chi connectivity index (χ0n) is 8.52. The van der Waals surface area contributed by atoms with Crippen molar-refractivity contribution < 1.29 is 9.90 Å². The van der Waals surface area contributed by atoms with E-state index in [-0.39, 0.29) is 0 Å². The molecule has 15 heavy (non-hydrogen) atoms. The molecule has 0 atom stereocenters. The second kappa shape index (κ2) is 3.55. The van der Waals surface area contributed by atoms with E-state index in [0.717, 1.165) is 16.1 Å². The van der Waals surface area contributed by atoms with Gasteiger partial charge in [-0.15, -0.1) is 11.3 Å². The second-order valence-corrected chi connectivity index (χ2v) is 4.58. The van der Waals surface area contributed by atoms with Gasteiger partial charge in [0.15, 0.2) is 0 Å². The molecule has 1 N–H and O–H groups in total. The van der Waals surface area contributed by atoms with Crippen molar-refractivity contribution in [3.63, 3.8) is 0 Å². The first kappa shape index (κ1) is 9.98. The van der Waals surface area contributed by atoms with E-state index in [4.69, 9.17) is 5.11 Å². The second-order valence-electron chi connectivity index (χ2n) is 3.36. The Labute approximate surface area is 91.6 Å². The number of hydrogen-bond acceptors (Lipinski definition) is 2. The maximum atomic E-state index is 11.1. The minimum Gasteiger partial charge on any atom is -0.477 e. The van der Waals surface area contributed by atoms with Crippen LogP contribution in [0.1, 0.15) is 20.1 Å². The van der Waals surface area contributed by atoms with Crippen molar-refractivity contribution >= 4 is 17.3 Å². The SMILES string of the molecule is Cc1sc(C(=O)O)c(-n2cccc2)c1C. The van der Waals surface area contributed by atoms with Crippen LogP contribution >= 0.6 is 11.3 Å². The van der Waals surface area contributed by atoms with Gasteiger partial charge in [-0.2, -0.15) is 0 Å². The van der Waals surface area contributed by atoms with E-state index in [1.54, 1.807) is 0 Å². The van der Waals surface area contributed by atoms with Gasteiger partial charge in [-0.3, -0.25) is 0 Å². The van der Waals surface area contributed by atoms with Crippen LogP contribution < -0.4 is 0 Å². The molecule has 4 heteroatoms. The van der Waals surface area contributed by atoms with Crippen LogP contribution in [0.4, 0.5) is 0 Å². The molecule has 0 aliphatic heterocycles. The smallest absolute Gasteiger partial charge is 0.348 e. The molecule has 2 aromatic rings. The molecule has 78 valence electrons. The summed E-state index contributed by atoms with van der Waals surface area (Å²) in [6.45, 7) is 3.90. The fourth-order valence-electron chi connectivity index (χ4n) is 1.55. The minimum atomic E-state index is -0.861. The lowest BCUT2D eigenvalue weighted by Gasteiger charge is -2.03. The molecule has 2 heterocycles. The molecule has 0 saturated carbocycles. The number of nitrogens with zero attached hydrogens (tertiary/aromatic N) is 1. The van der Waals surface area contributed by atoms with Gasteiger partial charge in [-0.05, 0) is 31.5 Å². The van der Waals surface area contributed by atoms with Gasteiger partial charge < -0.3 is 9.67 Å². The lowest BCUT2D eigenvalue weighted by Crippen LogP contribution is -2.00. The van der Waals surface area contributed by atoms with Crippen molar-refractivity contribution in [2.24, 2.45) is 0 Å². The monoisotopic (exact) mass is 221 g/mol. The van der Waals surface area contributed by atoms with E-state index >= 15 is 0 Å². The fourth-order valence-corrected chi connectivity index (χ4v) is 2.55. The zero-order valence-corrected chi connectivity index (χ0v) is 9.34. The van der Waals surface area contributed by atoms with Crippen LogP contribution in [0.15, 0.2) is 24.5 Å². The number of carboxylic acids is 1. The molecule has 2 aromatic heterocycles. The highest BCUT2D eigenvalue weighted by Gasteiger charge is 2.18. The number of hydrogen-bond donors (Lipinski definition) is 1. The first-order valence-corrected chi connectivity index (χ1v) is 5.39. The summed E-state index contributed by atoms with van der Waals surface area (Å²) in [4.78, 5) is 12.5. The Hall–Kier alpha value is -1.55. The molecule has 3 nitrogen and oxygen atoms in total. The van der Waals surface area contributed by atoms with Gasteiger partial charge in [-0.1, -0.05) is 0 Å². The summed E-state index contributed by atoms with van der Waals surface area (Å²) in [6.07, 6.45) is 3.72. The summed E-state index contributed by atoms with van der Waals surface area (Å²) in [7, 11) is 0. The lowest BCUT2D eigenvalue weighted by atomic mass is 10.2. The van der Waals surface area contributed by atoms with Crippen molar-refractivity contribution in [3.05, 3.63) is 39.8 Å². The maximum Gasteiger partial charge on any atom is 0.348 e. The van der Waals surface area contributed by atoms with Crippen LogP contribution in [0.3, 0.4) is 0 Å². The van der Waals surface area contributed by atoms with Gasteiger partial charge in [0.1, 0.15) is 4.88 Å². The Bertz CT molecular complexity index is 497. The number of rotatable bonds is 2. The number of carboxylic acid groups (broad SMARTS) is 1. The molecule has 0 aliphatic carbocycles. The summed E-state index contributed by atoms with van der Waals surface area (Å²) >= 11 is 1.33. The Kier molecular flexibility index (Phi) is 2.36. The number of aromatic carboxylic acids is 1. The molecule has 0 unspecified atom stereocenters. The molecule has 0 radical (unpaired) electrons. The summed E-state index contributed by atoms with van der Waals surface area (Å²) in [5.74, 6) is -0.861. The van der Waals surface area contributed by atoms with Gasteiger partial charge in [0.2, 0.25) is 0 Å². The maximum absolute atomic E-state index is 11.1. The van der Waals surface area contributed by atoms with E-state index in [0.29, 0.717) is 4.88 Å². The van der Waals surface area contributed by atoms with Crippen molar-refractivity contribution in [2.75, 3.05) is 0 Å². The fraction of sp³-hybridized carbons (Fsp3) is 0.182. The number of aryl methyl sites for hydroxylation is 1. The van der Waals surface area contributed by atoms with Gasteiger partial charge >= 0.3 is 5.97 Å². The third-order valence-electron chi connectivity index (χ3n) is 2.41. The summed E-state index contributed by atoms with van der Waals surface area (Å²) in [6, 6.07) is 3.77. The third kappa shape index (κ3) is 1.57. The molecular weight excluding hydrogens is 210 g/mol. The van der Waals surface area contributed by atoms with E-state index in [1.165, 1.54) is 11.3 Å². The molecule has 0 saturated heterocycles. The Morgan fingerprint density at radius 1 is 1.33 bits per heavy atom. The molecule has 0 spiro atoms. The predicted octanol–water partition coefficient (Wildman–Crippen LogP) is 2.85. The molecule has 0 fully saturated rings. The third-order valence-corrected chi connectivity index (χ3v) is 3.59. The molecular formula is C11H11NO2S. The van der Waals surface area contributed by atoms with Crippen LogP contribution in [0.25, 0.3) is 5.69 Å². The Morgan fingerprint density at radius 3 is 2.47 bits per heavy atom. The molecule has 0 aliphatic rings. The minimum absolute atomic E-state index is 0.404. The molecule has 2 rings (SSSR count). The lowest BCUT2D eigenvalue weighted by molar-refractivity contribution is 0.0702. The average molecular weight is 221 g/mol. The molecule has 0 bridgehead atoms. The summed E-state index contributed by atoms with van der Waals surface area (Å²) in [5.41, 5.74) is 1.82. The van der Waals surface area contributed by atoms with E-state index in [9.17, 15) is 4.79 Å². The summed E-state index contributed by atoms with van der Waals surface area (Å²) in [5, 5.41) is 9.10. The van der Waals surface area contributed by atoms with Crippen LogP contribution in [-0.2, 0) is 0 Å². The Morgan fingerprint density at radius 2 is 1.93 bits per heavy atom. The quantitative estimate of drug-likeness (QED) is 0.847. The number of carbonyl (C=O) groups is 1. The van der Waals surface area contributed by atoms with E-state index in [1.807, 2.05) is 42.9 Å². The van der Waals surface area contributed by atoms with Crippen LogP contribution in [0.5, 0.6) is 0 Å². The van der Waals surface area contributed by atoms with Gasteiger partial charge in [-0.25, -0.2) is 4.79 Å². The zero-order chi connectivity index (χ0) is 11.0. The Balaban J connectivity index is 2.68. The highest BCUT2D eigenvalue weighted by Crippen LogP contribution is 2.30. The van der Waals surface area contributed by atoms with Crippen LogP contribution in [-0.4, -0.2) is 15.6 Å². The van der Waals surface area contributed by atoms with Gasteiger partial charge in [0.25, 0.3) is 0 Å². The highest BCUT2D eigenvalue weighted by molar-refractivity contribution is 7.14. The first-order chi connectivity index (χ1) is 7.11. The van der Waals surface area contributed by atoms with E-state index in [2.05, 4.69) is 0 Å². The number of aromatic nitrogens is 1. The highest BCUT2D eigenvalue weighted by atomic mass is 32.1. The first-order valence-electron chi connectivity index (χ1n) is 4.58. The normalized spacial score (nSPS) is 10.5. The summed E-state index contributed by atoms with van der Waals surface area (Å²) < 4.78 is 1.85. The van der Waals surface area contributed by atoms with Crippen molar-refractivity contribution in [1.29, 1.82) is 0 Å². The van der Waals surface area contributed by atoms with Crippen molar-refractivity contribution in [2.45, 2.75) is 13.8 Å². The largest absolute Gasteiger partial charge is 0.477 e. The van der Waals surface area contributed by atoms with Crippen LogP contribution in [0.2, 0.25) is 0 Å². The average Bonchev–Trinajstić information content (AvgIpc) is 2.76. The van der Waals surface area contributed by atoms with Crippen molar-refractivity contribution in [3.8, 4) is 5.69 Å². The van der Waals surface area contributed by atoms with Gasteiger partial charge in [0, 0.05) is 17.3 Å². The topological polar surface area (TPSA) is 42.2 Å². The van der Waals surface area contributed by atoms with Gasteiger partial charge in [0.05, 0.1) is 5.69 Å².